The molecule has 3 aromatic rings. The van der Waals surface area contributed by atoms with Gasteiger partial charge in [0.1, 0.15) is 5.82 Å². The lowest BCUT2D eigenvalue weighted by Gasteiger charge is -2.11. The van der Waals surface area contributed by atoms with Crippen LogP contribution < -0.4 is 4.72 Å². The summed E-state index contributed by atoms with van der Waals surface area (Å²) in [5, 5.41) is 0.605. The number of benzene rings is 2. The Morgan fingerprint density at radius 2 is 1.93 bits per heavy atom. The van der Waals surface area contributed by atoms with Gasteiger partial charge < -0.3 is 0 Å². The second kappa shape index (κ2) is 8.59. The second-order valence-corrected chi connectivity index (χ2v) is 6.79. The van der Waals surface area contributed by atoms with E-state index >= 15 is 0 Å². The summed E-state index contributed by atoms with van der Waals surface area (Å²) in [6, 6.07) is 8.41. The first kappa shape index (κ1) is 20.1. The highest BCUT2D eigenvalue weighted by Crippen LogP contribution is 2.25. The van der Waals surface area contributed by atoms with Gasteiger partial charge in [0, 0.05) is 23.7 Å². The minimum atomic E-state index is -2.22. The van der Waals surface area contributed by atoms with E-state index in [4.69, 9.17) is 4.55 Å². The summed E-state index contributed by atoms with van der Waals surface area (Å²) in [6.45, 7) is 0.0580. The standard InChI is InChI=1S/C19H15F3N2O3S/c20-14-10-12(4-2-8-24-28(26)27)17(21)16(18(14)22)19(25)13-5-6-15-11(9-13)3-1-7-23-15/h1,3,5-7,9-10,24H,2,4,8H2,(H,26,27). The zero-order chi connectivity index (χ0) is 20.3. The molecule has 28 heavy (non-hydrogen) atoms. The number of aryl methyl sites for hydroxylation is 1. The van der Waals surface area contributed by atoms with Gasteiger partial charge in [0.25, 0.3) is 0 Å². The van der Waals surface area contributed by atoms with Crippen LogP contribution in [0.3, 0.4) is 0 Å². The molecular formula is C19H15F3N2O3S. The van der Waals surface area contributed by atoms with Crippen LogP contribution in [-0.2, 0) is 17.7 Å². The molecule has 2 N–H and O–H groups in total. The number of hydrogen-bond acceptors (Lipinski definition) is 3. The first-order valence-corrected chi connectivity index (χ1v) is 9.39. The maximum Gasteiger partial charge on any atom is 0.231 e. The van der Waals surface area contributed by atoms with Gasteiger partial charge in [-0.3, -0.25) is 14.3 Å². The van der Waals surface area contributed by atoms with Crippen molar-refractivity contribution in [1.29, 1.82) is 0 Å². The van der Waals surface area contributed by atoms with E-state index in [2.05, 4.69) is 9.71 Å². The second-order valence-electron chi connectivity index (χ2n) is 6.01. The van der Waals surface area contributed by atoms with E-state index in [1.165, 1.54) is 12.1 Å². The third kappa shape index (κ3) is 4.27. The molecule has 0 saturated heterocycles. The van der Waals surface area contributed by atoms with E-state index in [0.29, 0.717) is 17.0 Å². The molecule has 1 heterocycles. The Morgan fingerprint density at radius 3 is 2.68 bits per heavy atom. The minimum Gasteiger partial charge on any atom is -0.294 e. The normalized spacial score (nSPS) is 12.3. The number of nitrogens with zero attached hydrogens (tertiary/aromatic N) is 1. The van der Waals surface area contributed by atoms with Gasteiger partial charge in [0.15, 0.2) is 17.4 Å². The SMILES string of the molecule is O=C(c1ccc2ncccc2c1)c1c(F)c(F)cc(CCCNS(=O)O)c1F. The quantitative estimate of drug-likeness (QED) is 0.271. The Labute approximate surface area is 161 Å². The van der Waals surface area contributed by atoms with E-state index in [1.54, 1.807) is 24.4 Å². The van der Waals surface area contributed by atoms with Crippen molar-refractivity contribution in [3.63, 3.8) is 0 Å². The highest BCUT2D eigenvalue weighted by atomic mass is 32.2. The minimum absolute atomic E-state index is 0.00666. The third-order valence-electron chi connectivity index (χ3n) is 4.17. The molecule has 1 unspecified atom stereocenters. The van der Waals surface area contributed by atoms with Crippen molar-refractivity contribution in [2.45, 2.75) is 12.8 Å². The average molecular weight is 408 g/mol. The van der Waals surface area contributed by atoms with Crippen LogP contribution in [0.5, 0.6) is 0 Å². The van der Waals surface area contributed by atoms with Gasteiger partial charge in [-0.15, -0.1) is 0 Å². The summed E-state index contributed by atoms with van der Waals surface area (Å²) >= 11 is -2.22. The van der Waals surface area contributed by atoms with Crippen molar-refractivity contribution >= 4 is 28.0 Å². The van der Waals surface area contributed by atoms with E-state index in [-0.39, 0.29) is 30.5 Å². The molecule has 1 atom stereocenters. The Balaban J connectivity index is 1.94. The summed E-state index contributed by atoms with van der Waals surface area (Å²) in [5.74, 6) is -5.00. The topological polar surface area (TPSA) is 79.3 Å². The maximum atomic E-state index is 14.8. The first-order valence-electron chi connectivity index (χ1n) is 8.28. The highest BCUT2D eigenvalue weighted by molar-refractivity contribution is 7.77. The zero-order valence-corrected chi connectivity index (χ0v) is 15.2. The van der Waals surface area contributed by atoms with Crippen molar-refractivity contribution in [2.75, 3.05) is 6.54 Å². The lowest BCUT2D eigenvalue weighted by molar-refractivity contribution is 0.102. The summed E-state index contributed by atoms with van der Waals surface area (Å²) in [4.78, 5) is 16.8. The van der Waals surface area contributed by atoms with Crippen molar-refractivity contribution in [3.05, 3.63) is 76.7 Å². The van der Waals surface area contributed by atoms with Crippen LogP contribution >= 0.6 is 0 Å². The molecule has 9 heteroatoms. The molecule has 0 amide bonds. The van der Waals surface area contributed by atoms with Crippen molar-refractivity contribution < 1.29 is 26.7 Å². The largest absolute Gasteiger partial charge is 0.294 e. The van der Waals surface area contributed by atoms with Crippen LogP contribution in [0.15, 0.2) is 42.6 Å². The summed E-state index contributed by atoms with van der Waals surface area (Å²) in [6.07, 6.45) is 1.71. The molecule has 1 aromatic heterocycles. The number of carbonyl (C=O) groups is 1. The number of rotatable bonds is 7. The number of hydrogen-bond donors (Lipinski definition) is 2. The van der Waals surface area contributed by atoms with Crippen molar-refractivity contribution in [2.24, 2.45) is 0 Å². The number of aromatic nitrogens is 1. The molecule has 0 fully saturated rings. The van der Waals surface area contributed by atoms with Gasteiger partial charge in [-0.25, -0.2) is 22.1 Å². The molecule has 0 aliphatic heterocycles. The summed E-state index contributed by atoms with van der Waals surface area (Å²) in [5.41, 5.74) is -0.534. The van der Waals surface area contributed by atoms with Crippen LogP contribution in [0.25, 0.3) is 10.9 Å². The third-order valence-corrected chi connectivity index (χ3v) is 4.62. The van der Waals surface area contributed by atoms with Crippen LogP contribution in [-0.4, -0.2) is 26.1 Å². The average Bonchev–Trinajstić information content (AvgIpc) is 2.68. The molecule has 0 bridgehead atoms. The molecule has 0 aliphatic carbocycles. The Kier molecular flexibility index (Phi) is 6.18. The fourth-order valence-corrected chi connectivity index (χ4v) is 3.16. The smallest absolute Gasteiger partial charge is 0.231 e. The van der Waals surface area contributed by atoms with Gasteiger partial charge in [0.05, 0.1) is 11.1 Å². The number of nitrogens with one attached hydrogen (secondary N) is 1. The van der Waals surface area contributed by atoms with E-state index in [9.17, 15) is 22.2 Å². The number of ketones is 1. The first-order chi connectivity index (χ1) is 13.4. The number of halogens is 3. The number of pyridine rings is 1. The van der Waals surface area contributed by atoms with Gasteiger partial charge in [-0.1, -0.05) is 6.07 Å². The van der Waals surface area contributed by atoms with E-state index < -0.39 is 40.1 Å². The molecule has 0 spiro atoms. The molecule has 0 radical (unpaired) electrons. The molecule has 146 valence electrons. The maximum absolute atomic E-state index is 14.8. The van der Waals surface area contributed by atoms with Gasteiger partial charge >= 0.3 is 0 Å². The van der Waals surface area contributed by atoms with Crippen LogP contribution in [0.2, 0.25) is 0 Å². The fourth-order valence-electron chi connectivity index (χ4n) is 2.84. The molecule has 3 rings (SSSR count). The highest BCUT2D eigenvalue weighted by Gasteiger charge is 2.25. The fraction of sp³-hybridized carbons (Fsp3) is 0.158. The van der Waals surface area contributed by atoms with Crippen LogP contribution in [0.1, 0.15) is 27.9 Å². The van der Waals surface area contributed by atoms with Gasteiger partial charge in [0.2, 0.25) is 11.3 Å². The Hall–Kier alpha value is -2.62. The Bertz CT molecular complexity index is 1080. The molecular weight excluding hydrogens is 393 g/mol. The van der Waals surface area contributed by atoms with E-state index in [0.717, 1.165) is 0 Å². The van der Waals surface area contributed by atoms with Crippen molar-refractivity contribution in [1.82, 2.24) is 9.71 Å². The number of carbonyl (C=O) groups excluding carboxylic acids is 1. The van der Waals surface area contributed by atoms with Gasteiger partial charge in [-0.05, 0) is 48.7 Å². The predicted octanol–water partition coefficient (Wildman–Crippen LogP) is 3.54. The van der Waals surface area contributed by atoms with Crippen LogP contribution in [0, 0.1) is 17.5 Å². The van der Waals surface area contributed by atoms with E-state index in [1.807, 2.05) is 0 Å². The molecule has 5 nitrogen and oxygen atoms in total. The van der Waals surface area contributed by atoms with Crippen molar-refractivity contribution in [3.8, 4) is 0 Å². The summed E-state index contributed by atoms with van der Waals surface area (Å²) in [7, 11) is 0. The molecule has 2 aromatic carbocycles. The lowest BCUT2D eigenvalue weighted by atomic mass is 9.97. The molecule has 0 saturated carbocycles. The zero-order valence-electron chi connectivity index (χ0n) is 14.4. The monoisotopic (exact) mass is 408 g/mol. The van der Waals surface area contributed by atoms with Gasteiger partial charge in [-0.2, -0.15) is 0 Å². The predicted molar refractivity (Wildman–Crippen MR) is 98.6 cm³/mol. The molecule has 0 aliphatic rings. The lowest BCUT2D eigenvalue weighted by Crippen LogP contribution is -2.18. The number of fused-ring (bicyclic) bond motifs is 1. The van der Waals surface area contributed by atoms with Crippen LogP contribution in [0.4, 0.5) is 13.2 Å². The Morgan fingerprint density at radius 1 is 1.14 bits per heavy atom. The summed E-state index contributed by atoms with van der Waals surface area (Å²) < 4.78 is 64.4.